The van der Waals surface area contributed by atoms with Gasteiger partial charge in [0.2, 0.25) is 6.29 Å². The lowest BCUT2D eigenvalue weighted by Gasteiger charge is -2.38. The van der Waals surface area contributed by atoms with E-state index in [1.807, 2.05) is 57.2 Å². The highest BCUT2D eigenvalue weighted by molar-refractivity contribution is 5.75. The Balaban J connectivity index is 1.97. The average Bonchev–Trinajstić information content (AvgIpc) is 2.78. The first-order valence-electron chi connectivity index (χ1n) is 11.0. The highest BCUT2D eigenvalue weighted by Gasteiger charge is 2.48. The minimum atomic E-state index is -1.83. The number of hydrogen-bond acceptors (Lipinski definition) is 7. The molecule has 0 bridgehead atoms. The first-order chi connectivity index (χ1) is 16.1. The molecule has 0 aromatic heterocycles. The lowest BCUT2D eigenvalue weighted by Crippen LogP contribution is -2.61. The van der Waals surface area contributed by atoms with Crippen LogP contribution in [-0.2, 0) is 9.53 Å². The zero-order valence-corrected chi connectivity index (χ0v) is 19.2. The molecule has 2 unspecified atom stereocenters. The van der Waals surface area contributed by atoms with E-state index in [1.165, 1.54) is 0 Å². The maximum Gasteiger partial charge on any atom is 0.335 e. The summed E-state index contributed by atoms with van der Waals surface area (Å²) in [5, 5.41) is 50.3. The van der Waals surface area contributed by atoms with Crippen LogP contribution in [0.15, 0.2) is 42.5 Å². The van der Waals surface area contributed by atoms with Crippen molar-refractivity contribution in [2.24, 2.45) is 5.92 Å². The lowest BCUT2D eigenvalue weighted by atomic mass is 9.99. The predicted octanol–water partition coefficient (Wildman–Crippen LogP) is 2.81. The molecule has 1 aliphatic rings. The molecule has 5 N–H and O–H groups in total. The van der Waals surface area contributed by atoms with Gasteiger partial charge in [0.05, 0.1) is 5.56 Å². The van der Waals surface area contributed by atoms with Gasteiger partial charge in [0, 0.05) is 0 Å². The standard InChI is InChI=1S/C26H30O8/c1-14(2)4-11-18-19(27)12-17(10-9-16-7-5-15(3)6-8-16)13-20(18)33-26-23(30)21(28)22(29)24(34-26)25(31)32/h4-14,21-24,26-30H,1-3H3,(H,31,32)/b10-9+,11-4+/t21-,22-,23?,24?,26+/m0/s1. The van der Waals surface area contributed by atoms with Crippen LogP contribution in [0.1, 0.15) is 36.1 Å². The Morgan fingerprint density at radius 3 is 2.24 bits per heavy atom. The number of aromatic hydroxyl groups is 1. The van der Waals surface area contributed by atoms with Crippen molar-refractivity contribution in [2.75, 3.05) is 0 Å². The molecule has 2 aromatic rings. The molecule has 1 heterocycles. The van der Waals surface area contributed by atoms with Crippen LogP contribution in [0.3, 0.4) is 0 Å². The summed E-state index contributed by atoms with van der Waals surface area (Å²) in [4.78, 5) is 11.4. The largest absolute Gasteiger partial charge is 0.507 e. The first-order valence-corrected chi connectivity index (χ1v) is 11.0. The lowest BCUT2D eigenvalue weighted by molar-refractivity contribution is -0.271. The Labute approximate surface area is 198 Å². The maximum atomic E-state index is 11.4. The average molecular weight is 471 g/mol. The smallest absolute Gasteiger partial charge is 0.335 e. The minimum Gasteiger partial charge on any atom is -0.507 e. The molecule has 0 aliphatic carbocycles. The summed E-state index contributed by atoms with van der Waals surface area (Å²) in [5.74, 6) is -1.33. The number of hydrogen-bond donors (Lipinski definition) is 5. The van der Waals surface area contributed by atoms with Crippen molar-refractivity contribution < 1.29 is 39.8 Å². The molecule has 0 spiro atoms. The van der Waals surface area contributed by atoms with E-state index in [4.69, 9.17) is 9.47 Å². The van der Waals surface area contributed by atoms with Gasteiger partial charge in [-0.05, 0) is 36.1 Å². The van der Waals surface area contributed by atoms with Gasteiger partial charge < -0.3 is 35.0 Å². The van der Waals surface area contributed by atoms with Crippen molar-refractivity contribution in [1.29, 1.82) is 0 Å². The Bertz CT molecular complexity index is 1060. The second-order valence-corrected chi connectivity index (χ2v) is 8.65. The molecule has 34 heavy (non-hydrogen) atoms. The summed E-state index contributed by atoms with van der Waals surface area (Å²) in [6.45, 7) is 5.90. The fourth-order valence-corrected chi connectivity index (χ4v) is 3.43. The third kappa shape index (κ3) is 6.03. The summed E-state index contributed by atoms with van der Waals surface area (Å²) in [6, 6.07) is 11.0. The number of carbonyl (C=O) groups is 1. The van der Waals surface area contributed by atoms with Gasteiger partial charge in [0.15, 0.2) is 6.10 Å². The summed E-state index contributed by atoms with van der Waals surface area (Å²) in [7, 11) is 0. The van der Waals surface area contributed by atoms with Crippen LogP contribution in [0.4, 0.5) is 0 Å². The summed E-state index contributed by atoms with van der Waals surface area (Å²) < 4.78 is 11.0. The number of allylic oxidation sites excluding steroid dienone is 1. The second kappa shape index (κ2) is 10.8. The van der Waals surface area contributed by atoms with Gasteiger partial charge in [-0.2, -0.15) is 0 Å². The third-order valence-electron chi connectivity index (χ3n) is 5.39. The minimum absolute atomic E-state index is 0.0985. The van der Waals surface area contributed by atoms with Gasteiger partial charge >= 0.3 is 5.97 Å². The number of rotatable bonds is 7. The molecule has 182 valence electrons. The number of aliphatic carboxylic acids is 1. The van der Waals surface area contributed by atoms with Gasteiger partial charge in [-0.15, -0.1) is 0 Å². The van der Waals surface area contributed by atoms with Gasteiger partial charge in [0.1, 0.15) is 29.8 Å². The van der Waals surface area contributed by atoms with Gasteiger partial charge in [0.25, 0.3) is 0 Å². The Kier molecular flexibility index (Phi) is 8.11. The molecule has 0 radical (unpaired) electrons. The van der Waals surface area contributed by atoms with Crippen LogP contribution in [0.2, 0.25) is 0 Å². The van der Waals surface area contributed by atoms with Crippen LogP contribution in [0, 0.1) is 12.8 Å². The van der Waals surface area contributed by atoms with E-state index in [9.17, 15) is 30.3 Å². The molecule has 8 heteroatoms. The molecular formula is C26H30O8. The van der Waals surface area contributed by atoms with E-state index in [0.29, 0.717) is 11.1 Å². The van der Waals surface area contributed by atoms with E-state index in [0.717, 1.165) is 11.1 Å². The van der Waals surface area contributed by atoms with Crippen molar-refractivity contribution >= 4 is 24.2 Å². The van der Waals surface area contributed by atoms with Crippen LogP contribution in [0.25, 0.3) is 18.2 Å². The molecule has 1 fully saturated rings. The van der Waals surface area contributed by atoms with Crippen LogP contribution in [-0.4, -0.2) is 62.2 Å². The molecule has 3 rings (SSSR count). The van der Waals surface area contributed by atoms with Crippen molar-refractivity contribution in [3.8, 4) is 11.5 Å². The van der Waals surface area contributed by atoms with Crippen molar-refractivity contribution in [2.45, 2.75) is 51.5 Å². The van der Waals surface area contributed by atoms with Crippen molar-refractivity contribution in [3.05, 3.63) is 64.7 Å². The van der Waals surface area contributed by atoms with Gasteiger partial charge in [-0.25, -0.2) is 4.79 Å². The third-order valence-corrected chi connectivity index (χ3v) is 5.39. The summed E-state index contributed by atoms with van der Waals surface area (Å²) in [5.41, 5.74) is 2.95. The van der Waals surface area contributed by atoms with Gasteiger partial charge in [-0.1, -0.05) is 68.0 Å². The molecule has 2 aromatic carbocycles. The van der Waals surface area contributed by atoms with E-state index in [-0.39, 0.29) is 17.4 Å². The Morgan fingerprint density at radius 2 is 1.62 bits per heavy atom. The fraction of sp³-hybridized carbons (Fsp3) is 0.346. The summed E-state index contributed by atoms with van der Waals surface area (Å²) >= 11 is 0. The molecule has 5 atom stereocenters. The predicted molar refractivity (Wildman–Crippen MR) is 127 cm³/mol. The normalized spacial score (nSPS) is 25.3. The molecule has 0 saturated carbocycles. The van der Waals surface area contributed by atoms with Crippen molar-refractivity contribution in [1.82, 2.24) is 0 Å². The van der Waals surface area contributed by atoms with Crippen LogP contribution in [0.5, 0.6) is 11.5 Å². The molecule has 8 nitrogen and oxygen atoms in total. The highest BCUT2D eigenvalue weighted by atomic mass is 16.7. The molecule has 0 amide bonds. The molecule has 1 aliphatic heterocycles. The molecular weight excluding hydrogens is 440 g/mol. The van der Waals surface area contributed by atoms with E-state index in [1.54, 1.807) is 24.3 Å². The molecule has 1 saturated heterocycles. The van der Waals surface area contributed by atoms with E-state index < -0.39 is 36.7 Å². The number of carboxylic acid groups (broad SMARTS) is 1. The number of aryl methyl sites for hydroxylation is 1. The first kappa shape index (κ1) is 25.5. The van der Waals surface area contributed by atoms with Crippen LogP contribution < -0.4 is 4.74 Å². The number of aliphatic hydroxyl groups is 3. The SMILES string of the molecule is Cc1ccc(/C=C/c2cc(O)c(/C=C/C(C)C)c(O[C@@H]3OC(C(=O)O)[C@@H](O)[C@H](O)C3O)c2)cc1. The zero-order valence-electron chi connectivity index (χ0n) is 19.2. The second-order valence-electron chi connectivity index (χ2n) is 8.65. The number of carboxylic acids is 1. The van der Waals surface area contributed by atoms with Gasteiger partial charge in [-0.3, -0.25) is 0 Å². The number of aliphatic hydroxyl groups excluding tert-OH is 3. The van der Waals surface area contributed by atoms with E-state index in [2.05, 4.69) is 0 Å². The maximum absolute atomic E-state index is 11.4. The van der Waals surface area contributed by atoms with E-state index >= 15 is 0 Å². The highest BCUT2D eigenvalue weighted by Crippen LogP contribution is 2.35. The quantitative estimate of drug-likeness (QED) is 0.390. The zero-order chi connectivity index (χ0) is 25.0. The number of phenols is 1. The number of phenolic OH excluding ortho intramolecular Hbond substituents is 1. The Morgan fingerprint density at radius 1 is 0.971 bits per heavy atom. The monoisotopic (exact) mass is 470 g/mol. The Hall–Kier alpha value is -3.17. The summed E-state index contributed by atoms with van der Waals surface area (Å²) in [6.07, 6.45) is -1.63. The number of benzene rings is 2. The fourth-order valence-electron chi connectivity index (χ4n) is 3.43. The van der Waals surface area contributed by atoms with Crippen molar-refractivity contribution in [3.63, 3.8) is 0 Å². The van der Waals surface area contributed by atoms with Crippen LogP contribution >= 0.6 is 0 Å². The topological polar surface area (TPSA) is 137 Å². The number of ether oxygens (including phenoxy) is 2.